The van der Waals surface area contributed by atoms with E-state index in [1.165, 1.54) is 24.8 Å². The van der Waals surface area contributed by atoms with Crippen LogP contribution in [0.3, 0.4) is 0 Å². The van der Waals surface area contributed by atoms with Crippen LogP contribution >= 0.6 is 0 Å². The molecule has 4 rings (SSSR count). The topological polar surface area (TPSA) is 57.2 Å². The molecule has 1 saturated carbocycles. The lowest BCUT2D eigenvalue weighted by atomic mass is 9.86. The molecule has 0 radical (unpaired) electrons. The standard InChI is InChI=1S/C30H48O5/c1-3-4-5-10-22(2)13-14-26(34-28-11-6-8-17-32-28)30-25-20-23(15-16-31)19-24(25)21-27(30)35-29-12-7-9-18-33-29/h3,14,19,22,24-25,27-31H,1,4-13,15-18,20-21H2,2H3/t22?,24-,25-,27+,28?,29?,30-/m1/s1. The van der Waals surface area contributed by atoms with Crippen LogP contribution in [0, 0.1) is 23.7 Å². The van der Waals surface area contributed by atoms with Crippen LogP contribution in [-0.2, 0) is 18.9 Å². The first-order chi connectivity index (χ1) is 17.2. The van der Waals surface area contributed by atoms with Crippen molar-refractivity contribution in [1.82, 2.24) is 0 Å². The lowest BCUT2D eigenvalue weighted by Crippen LogP contribution is -2.34. The largest absolute Gasteiger partial charge is 0.469 e. The predicted octanol–water partition coefficient (Wildman–Crippen LogP) is 6.67. The van der Waals surface area contributed by atoms with Gasteiger partial charge >= 0.3 is 0 Å². The fraction of sp³-hybridized carbons (Fsp3) is 0.800. The highest BCUT2D eigenvalue weighted by atomic mass is 16.7. The second kappa shape index (κ2) is 14.0. The van der Waals surface area contributed by atoms with Crippen LogP contribution in [0.25, 0.3) is 0 Å². The van der Waals surface area contributed by atoms with Gasteiger partial charge < -0.3 is 24.1 Å². The van der Waals surface area contributed by atoms with Crippen molar-refractivity contribution in [3.05, 3.63) is 36.1 Å². The van der Waals surface area contributed by atoms with Gasteiger partial charge in [-0.1, -0.05) is 31.1 Å². The van der Waals surface area contributed by atoms with Gasteiger partial charge in [0.05, 0.1) is 12.7 Å². The molecule has 4 aliphatic rings. The molecule has 0 amide bonds. The molecule has 0 aromatic rings. The maximum absolute atomic E-state index is 9.54. The van der Waals surface area contributed by atoms with Crippen molar-refractivity contribution in [3.63, 3.8) is 0 Å². The number of ether oxygens (including phenoxy) is 4. The van der Waals surface area contributed by atoms with Gasteiger partial charge in [-0.25, -0.2) is 0 Å². The Bertz CT molecular complexity index is 704. The van der Waals surface area contributed by atoms with Gasteiger partial charge in [0.25, 0.3) is 0 Å². The van der Waals surface area contributed by atoms with E-state index in [4.69, 9.17) is 18.9 Å². The van der Waals surface area contributed by atoms with Crippen molar-refractivity contribution < 1.29 is 24.1 Å². The van der Waals surface area contributed by atoms with Gasteiger partial charge in [-0.2, -0.15) is 0 Å². The van der Waals surface area contributed by atoms with E-state index in [1.54, 1.807) is 0 Å². The zero-order chi connectivity index (χ0) is 24.5. The third kappa shape index (κ3) is 7.67. The lowest BCUT2D eigenvalue weighted by molar-refractivity contribution is -0.200. The Hall–Kier alpha value is -1.14. The molecule has 35 heavy (non-hydrogen) atoms. The smallest absolute Gasteiger partial charge is 0.199 e. The van der Waals surface area contributed by atoms with E-state index < -0.39 is 0 Å². The third-order valence-electron chi connectivity index (χ3n) is 8.32. The van der Waals surface area contributed by atoms with Crippen LogP contribution in [0.5, 0.6) is 0 Å². The minimum atomic E-state index is -0.150. The van der Waals surface area contributed by atoms with E-state index in [2.05, 4.69) is 25.7 Å². The molecule has 2 aliphatic heterocycles. The number of unbranched alkanes of at least 4 members (excludes halogenated alkanes) is 1. The zero-order valence-corrected chi connectivity index (χ0v) is 21.9. The Kier molecular flexibility index (Phi) is 10.7. The summed E-state index contributed by atoms with van der Waals surface area (Å²) in [4.78, 5) is 0. The van der Waals surface area contributed by atoms with Crippen LogP contribution < -0.4 is 0 Å². The summed E-state index contributed by atoms with van der Waals surface area (Å²) in [6.45, 7) is 8.01. The van der Waals surface area contributed by atoms with Gasteiger partial charge in [-0.3, -0.25) is 0 Å². The molecule has 198 valence electrons. The highest BCUT2D eigenvalue weighted by Gasteiger charge is 2.49. The van der Waals surface area contributed by atoms with Gasteiger partial charge in [0.1, 0.15) is 5.76 Å². The maximum Gasteiger partial charge on any atom is 0.199 e. The number of rotatable bonds is 13. The van der Waals surface area contributed by atoms with Gasteiger partial charge in [0, 0.05) is 25.6 Å². The van der Waals surface area contributed by atoms with Gasteiger partial charge in [-0.15, -0.1) is 6.58 Å². The molecular weight excluding hydrogens is 440 g/mol. The van der Waals surface area contributed by atoms with Gasteiger partial charge in [-0.05, 0) is 94.5 Å². The molecule has 3 fully saturated rings. The summed E-state index contributed by atoms with van der Waals surface area (Å²) in [5.41, 5.74) is 1.39. The van der Waals surface area contributed by atoms with Crippen molar-refractivity contribution in [2.24, 2.45) is 23.7 Å². The van der Waals surface area contributed by atoms with E-state index in [0.29, 0.717) is 17.8 Å². The van der Waals surface area contributed by atoms with E-state index in [1.807, 2.05) is 6.08 Å². The molecule has 5 heteroatoms. The van der Waals surface area contributed by atoms with Crippen LogP contribution in [0.4, 0.5) is 0 Å². The molecule has 0 aromatic carbocycles. The van der Waals surface area contributed by atoms with Crippen molar-refractivity contribution >= 4 is 0 Å². The first kappa shape index (κ1) is 26.9. The zero-order valence-electron chi connectivity index (χ0n) is 21.9. The lowest BCUT2D eigenvalue weighted by Gasteiger charge is -2.34. The van der Waals surface area contributed by atoms with E-state index >= 15 is 0 Å². The van der Waals surface area contributed by atoms with Crippen molar-refractivity contribution in [3.8, 4) is 0 Å². The molecule has 5 nitrogen and oxygen atoms in total. The van der Waals surface area contributed by atoms with Gasteiger partial charge in [0.15, 0.2) is 12.6 Å². The average molecular weight is 489 g/mol. The monoisotopic (exact) mass is 488 g/mol. The predicted molar refractivity (Wildman–Crippen MR) is 139 cm³/mol. The van der Waals surface area contributed by atoms with Crippen LogP contribution in [-0.4, -0.2) is 43.6 Å². The molecule has 0 aromatic heterocycles. The number of allylic oxidation sites excluding steroid dienone is 3. The molecule has 1 N–H and O–H groups in total. The highest BCUT2D eigenvalue weighted by molar-refractivity contribution is 5.23. The van der Waals surface area contributed by atoms with E-state index in [0.717, 1.165) is 83.2 Å². The van der Waals surface area contributed by atoms with Crippen LogP contribution in [0.1, 0.15) is 90.4 Å². The van der Waals surface area contributed by atoms with E-state index in [-0.39, 0.29) is 31.2 Å². The summed E-state index contributed by atoms with van der Waals surface area (Å²) in [7, 11) is 0. The second-order valence-corrected chi connectivity index (χ2v) is 11.1. The normalized spacial score (nSPS) is 34.3. The van der Waals surface area contributed by atoms with Gasteiger partial charge in [0.2, 0.25) is 0 Å². The Labute approximate surface area is 212 Å². The number of hydrogen-bond donors (Lipinski definition) is 1. The SMILES string of the molecule is C=CCCCC(C)CC=C(OC1CCCCO1)[C@H]1[C@@H]2CC(CCO)=C[C@@H]2C[C@@H]1OC1CCCCO1. The minimum Gasteiger partial charge on any atom is -0.469 e. The summed E-state index contributed by atoms with van der Waals surface area (Å²) in [5, 5.41) is 9.54. The first-order valence-electron chi connectivity index (χ1n) is 14.3. The quantitative estimate of drug-likeness (QED) is 0.178. The Morgan fingerprint density at radius 1 is 1.17 bits per heavy atom. The fourth-order valence-electron chi connectivity index (χ4n) is 6.42. The molecular formula is C30H48O5. The molecule has 0 bridgehead atoms. The number of fused-ring (bicyclic) bond motifs is 1. The molecule has 7 atom stereocenters. The van der Waals surface area contributed by atoms with Crippen molar-refractivity contribution in [2.75, 3.05) is 19.8 Å². The van der Waals surface area contributed by atoms with Crippen LogP contribution in [0.15, 0.2) is 36.1 Å². The van der Waals surface area contributed by atoms with Crippen molar-refractivity contribution in [2.45, 2.75) is 109 Å². The number of aliphatic hydroxyl groups is 1. The molecule has 2 saturated heterocycles. The fourth-order valence-corrected chi connectivity index (χ4v) is 6.42. The van der Waals surface area contributed by atoms with E-state index in [9.17, 15) is 5.11 Å². The summed E-state index contributed by atoms with van der Waals surface area (Å²) >= 11 is 0. The Morgan fingerprint density at radius 2 is 1.94 bits per heavy atom. The number of aliphatic hydroxyl groups excluding tert-OH is 1. The molecule has 3 unspecified atom stereocenters. The molecule has 0 spiro atoms. The minimum absolute atomic E-state index is 0.0963. The van der Waals surface area contributed by atoms with Crippen LogP contribution in [0.2, 0.25) is 0 Å². The molecule has 2 heterocycles. The Balaban J connectivity index is 1.53. The molecule has 2 aliphatic carbocycles. The summed E-state index contributed by atoms with van der Waals surface area (Å²) in [6.07, 6.45) is 20.5. The number of hydrogen-bond acceptors (Lipinski definition) is 5. The summed E-state index contributed by atoms with van der Waals surface area (Å²) < 4.78 is 25.4. The maximum atomic E-state index is 9.54. The third-order valence-corrected chi connectivity index (χ3v) is 8.32. The first-order valence-corrected chi connectivity index (χ1v) is 14.3. The second-order valence-electron chi connectivity index (χ2n) is 11.1. The average Bonchev–Trinajstić information content (AvgIpc) is 3.40. The Morgan fingerprint density at radius 3 is 2.63 bits per heavy atom. The van der Waals surface area contributed by atoms with Crippen molar-refractivity contribution in [1.29, 1.82) is 0 Å². The summed E-state index contributed by atoms with van der Waals surface area (Å²) in [6, 6.07) is 0. The summed E-state index contributed by atoms with van der Waals surface area (Å²) in [5.74, 6) is 2.85. The highest BCUT2D eigenvalue weighted by Crippen LogP contribution is 2.52.